The molecule has 0 aromatic heterocycles. The van der Waals surface area contributed by atoms with Crippen LogP contribution >= 0.6 is 0 Å². The second-order valence-corrected chi connectivity index (χ2v) is 9.86. The van der Waals surface area contributed by atoms with E-state index in [1.807, 2.05) is 0 Å². The lowest BCUT2D eigenvalue weighted by atomic mass is 10.0. The van der Waals surface area contributed by atoms with Crippen LogP contribution in [0.5, 0.6) is 0 Å². The van der Waals surface area contributed by atoms with E-state index >= 15 is 0 Å². The summed E-state index contributed by atoms with van der Waals surface area (Å²) < 4.78 is 46.0. The van der Waals surface area contributed by atoms with E-state index in [0.29, 0.717) is 12.8 Å². The summed E-state index contributed by atoms with van der Waals surface area (Å²) in [5.41, 5.74) is 0. The predicted molar refractivity (Wildman–Crippen MR) is 55.3 cm³/mol. The molecule has 0 atom stereocenters. The van der Waals surface area contributed by atoms with Crippen molar-refractivity contribution >= 4 is 17.7 Å². The lowest BCUT2D eigenvalue weighted by Gasteiger charge is -2.20. The van der Waals surface area contributed by atoms with Gasteiger partial charge in [-0.1, -0.05) is 26.2 Å². The van der Waals surface area contributed by atoms with Crippen LogP contribution in [-0.4, -0.2) is 27.8 Å². The standard InChI is InChI=1S/C8H16O4S2/c1-2-13(9,10)14(11,12)8-6-4-3-5-7-8/h8H,2-7H2,1H3. The first-order chi connectivity index (χ1) is 6.42. The summed E-state index contributed by atoms with van der Waals surface area (Å²) in [6.07, 6.45) is 3.66. The Bertz CT molecular complexity index is 374. The van der Waals surface area contributed by atoms with Gasteiger partial charge in [0.25, 0.3) is 17.7 Å². The van der Waals surface area contributed by atoms with Crippen molar-refractivity contribution in [2.45, 2.75) is 44.3 Å². The van der Waals surface area contributed by atoms with Gasteiger partial charge < -0.3 is 0 Å². The van der Waals surface area contributed by atoms with Crippen molar-refractivity contribution in [3.05, 3.63) is 0 Å². The average molecular weight is 240 g/mol. The molecule has 1 aliphatic carbocycles. The van der Waals surface area contributed by atoms with Gasteiger partial charge in [0.05, 0.1) is 11.0 Å². The van der Waals surface area contributed by atoms with Gasteiger partial charge in [0.15, 0.2) is 0 Å². The van der Waals surface area contributed by atoms with E-state index in [1.54, 1.807) is 0 Å². The molecular weight excluding hydrogens is 224 g/mol. The molecule has 0 unspecified atom stereocenters. The van der Waals surface area contributed by atoms with Crippen LogP contribution in [0.1, 0.15) is 39.0 Å². The van der Waals surface area contributed by atoms with Crippen LogP contribution in [0.25, 0.3) is 0 Å². The van der Waals surface area contributed by atoms with Crippen molar-refractivity contribution in [1.82, 2.24) is 0 Å². The molecule has 1 rings (SSSR count). The average Bonchev–Trinajstić information content (AvgIpc) is 2.19. The van der Waals surface area contributed by atoms with E-state index in [-0.39, 0.29) is 5.75 Å². The number of rotatable bonds is 3. The summed E-state index contributed by atoms with van der Waals surface area (Å²) in [4.78, 5) is 0. The van der Waals surface area contributed by atoms with E-state index in [9.17, 15) is 16.8 Å². The van der Waals surface area contributed by atoms with E-state index in [2.05, 4.69) is 0 Å². The van der Waals surface area contributed by atoms with Gasteiger partial charge in [-0.05, 0) is 12.8 Å². The first-order valence-electron chi connectivity index (χ1n) is 4.88. The topological polar surface area (TPSA) is 68.3 Å². The Labute approximate surface area is 84.9 Å². The molecule has 0 aliphatic heterocycles. The van der Waals surface area contributed by atoms with Crippen LogP contribution in [0.3, 0.4) is 0 Å². The summed E-state index contributed by atoms with van der Waals surface area (Å²) in [7, 11) is -7.86. The van der Waals surface area contributed by atoms with Gasteiger partial charge in [0.2, 0.25) is 0 Å². The Morgan fingerprint density at radius 1 is 1.00 bits per heavy atom. The highest BCUT2D eigenvalue weighted by Crippen LogP contribution is 2.27. The Balaban J connectivity index is 2.95. The van der Waals surface area contributed by atoms with Crippen molar-refractivity contribution in [3.63, 3.8) is 0 Å². The van der Waals surface area contributed by atoms with Gasteiger partial charge in [-0.2, -0.15) is 0 Å². The zero-order valence-corrected chi connectivity index (χ0v) is 9.90. The summed E-state index contributed by atoms with van der Waals surface area (Å²) in [5.74, 6) is -0.314. The van der Waals surface area contributed by atoms with Gasteiger partial charge in [-0.3, -0.25) is 0 Å². The first kappa shape index (κ1) is 12.0. The maximum Gasteiger partial charge on any atom is 0.256 e. The molecule has 0 saturated heterocycles. The fourth-order valence-corrected chi connectivity index (χ4v) is 6.19. The largest absolute Gasteiger partial charge is 0.256 e. The van der Waals surface area contributed by atoms with Crippen LogP contribution in [-0.2, 0) is 17.7 Å². The minimum atomic E-state index is -3.94. The Kier molecular flexibility index (Phi) is 3.58. The van der Waals surface area contributed by atoms with Crippen LogP contribution in [0.15, 0.2) is 0 Å². The van der Waals surface area contributed by atoms with Crippen molar-refractivity contribution in [2.75, 3.05) is 5.75 Å². The molecule has 0 radical (unpaired) electrons. The highest BCUT2D eigenvalue weighted by Gasteiger charge is 2.37. The molecule has 0 aromatic carbocycles. The Morgan fingerprint density at radius 2 is 1.50 bits per heavy atom. The monoisotopic (exact) mass is 240 g/mol. The molecule has 0 bridgehead atoms. The Morgan fingerprint density at radius 3 is 1.93 bits per heavy atom. The van der Waals surface area contributed by atoms with Crippen molar-refractivity contribution in [3.8, 4) is 0 Å². The second kappa shape index (κ2) is 4.18. The molecule has 4 nitrogen and oxygen atoms in total. The molecule has 84 valence electrons. The van der Waals surface area contributed by atoms with Gasteiger partial charge >= 0.3 is 0 Å². The SMILES string of the molecule is CCS(=O)(=O)S(=O)(=O)C1CCCCC1. The van der Waals surface area contributed by atoms with Gasteiger partial charge in [0.1, 0.15) is 0 Å². The maximum atomic E-state index is 11.7. The van der Waals surface area contributed by atoms with Crippen LogP contribution in [0.4, 0.5) is 0 Å². The summed E-state index contributed by atoms with van der Waals surface area (Å²) in [6, 6.07) is 0. The highest BCUT2D eigenvalue weighted by atomic mass is 33.2. The van der Waals surface area contributed by atoms with E-state index in [0.717, 1.165) is 19.3 Å². The van der Waals surface area contributed by atoms with Crippen molar-refractivity contribution in [1.29, 1.82) is 0 Å². The molecule has 14 heavy (non-hydrogen) atoms. The highest BCUT2D eigenvalue weighted by molar-refractivity contribution is 8.67. The molecule has 1 saturated carbocycles. The normalized spacial score (nSPS) is 20.9. The maximum absolute atomic E-state index is 11.7. The van der Waals surface area contributed by atoms with Crippen LogP contribution in [0, 0.1) is 0 Å². The van der Waals surface area contributed by atoms with Crippen molar-refractivity contribution < 1.29 is 16.8 Å². The quantitative estimate of drug-likeness (QED) is 0.692. The third-order valence-corrected chi connectivity index (χ3v) is 9.02. The zero-order chi connectivity index (χ0) is 10.8. The zero-order valence-electron chi connectivity index (χ0n) is 8.27. The summed E-state index contributed by atoms with van der Waals surface area (Å²) in [6.45, 7) is 1.37. The molecule has 1 fully saturated rings. The second-order valence-electron chi connectivity index (χ2n) is 3.60. The minimum absolute atomic E-state index is 0.314. The fraction of sp³-hybridized carbons (Fsp3) is 1.00. The van der Waals surface area contributed by atoms with E-state index in [4.69, 9.17) is 0 Å². The molecule has 0 spiro atoms. The van der Waals surface area contributed by atoms with Gasteiger partial charge in [-0.15, -0.1) is 0 Å². The molecule has 0 aromatic rings. The Hall–Kier alpha value is -0.100. The number of hydrogen-bond donors (Lipinski definition) is 0. The fourth-order valence-electron chi connectivity index (χ4n) is 1.73. The minimum Gasteiger partial charge on any atom is -0.213 e. The summed E-state index contributed by atoms with van der Waals surface area (Å²) in [5, 5.41) is -0.652. The van der Waals surface area contributed by atoms with E-state index < -0.39 is 23.0 Å². The third-order valence-electron chi connectivity index (χ3n) is 2.67. The number of hydrogen-bond acceptors (Lipinski definition) is 4. The third kappa shape index (κ3) is 2.11. The van der Waals surface area contributed by atoms with Crippen LogP contribution < -0.4 is 0 Å². The molecule has 6 heteroatoms. The molecular formula is C8H16O4S2. The predicted octanol–water partition coefficient (Wildman–Crippen LogP) is 1.08. The van der Waals surface area contributed by atoms with Gasteiger partial charge in [-0.25, -0.2) is 16.8 Å². The van der Waals surface area contributed by atoms with Gasteiger partial charge in [0, 0.05) is 0 Å². The molecule has 1 aliphatic rings. The van der Waals surface area contributed by atoms with E-state index in [1.165, 1.54) is 6.92 Å². The van der Waals surface area contributed by atoms with Crippen molar-refractivity contribution in [2.24, 2.45) is 0 Å². The lowest BCUT2D eigenvalue weighted by Crippen LogP contribution is -2.31. The first-order valence-corrected chi connectivity index (χ1v) is 8.60. The smallest absolute Gasteiger partial charge is 0.213 e. The molecule has 0 heterocycles. The lowest BCUT2D eigenvalue weighted by molar-refractivity contribution is 0.487. The van der Waals surface area contributed by atoms with Crippen LogP contribution in [0.2, 0.25) is 0 Å². The summed E-state index contributed by atoms with van der Waals surface area (Å²) >= 11 is 0. The molecule has 0 amide bonds. The molecule has 0 N–H and O–H groups in total.